The van der Waals surface area contributed by atoms with E-state index in [0.29, 0.717) is 5.92 Å². The summed E-state index contributed by atoms with van der Waals surface area (Å²) in [5.74, 6) is 1.58. The van der Waals surface area contributed by atoms with Crippen molar-refractivity contribution in [3.8, 4) is 11.4 Å². The van der Waals surface area contributed by atoms with E-state index in [0.717, 1.165) is 54.2 Å². The van der Waals surface area contributed by atoms with Gasteiger partial charge < -0.3 is 9.73 Å². The number of nitrogens with one attached hydrogen (secondary N) is 2. The Labute approximate surface area is 116 Å². The molecule has 0 radical (unpaired) electrons. The van der Waals surface area contributed by atoms with Gasteiger partial charge in [-0.1, -0.05) is 0 Å². The Hall–Kier alpha value is -2.14. The van der Waals surface area contributed by atoms with Gasteiger partial charge in [0.25, 0.3) is 0 Å². The molecular formula is C15H16N4O. The first-order valence-corrected chi connectivity index (χ1v) is 7.01. The molecule has 102 valence electrons. The van der Waals surface area contributed by atoms with E-state index in [2.05, 4.69) is 26.6 Å². The Balaban J connectivity index is 1.72. The van der Waals surface area contributed by atoms with Crippen molar-refractivity contribution in [1.82, 2.24) is 20.5 Å². The molecule has 0 aliphatic carbocycles. The molecule has 3 aromatic heterocycles. The van der Waals surface area contributed by atoms with Crippen LogP contribution in [0.4, 0.5) is 0 Å². The Morgan fingerprint density at radius 2 is 2.05 bits per heavy atom. The van der Waals surface area contributed by atoms with E-state index in [1.165, 1.54) is 0 Å². The second-order valence-corrected chi connectivity index (χ2v) is 5.22. The summed E-state index contributed by atoms with van der Waals surface area (Å²) >= 11 is 0. The first kappa shape index (κ1) is 11.7. The van der Waals surface area contributed by atoms with E-state index >= 15 is 0 Å². The lowest BCUT2D eigenvalue weighted by molar-refractivity contribution is 0.397. The zero-order chi connectivity index (χ0) is 13.4. The number of H-pyrrole nitrogens is 1. The molecule has 0 bridgehead atoms. The summed E-state index contributed by atoms with van der Waals surface area (Å²) in [7, 11) is 0. The Morgan fingerprint density at radius 3 is 2.85 bits per heavy atom. The van der Waals surface area contributed by atoms with E-state index in [4.69, 9.17) is 4.42 Å². The number of hydrogen-bond acceptors (Lipinski definition) is 4. The molecule has 0 saturated carbocycles. The fourth-order valence-corrected chi connectivity index (χ4v) is 2.80. The molecule has 2 N–H and O–H groups in total. The van der Waals surface area contributed by atoms with Gasteiger partial charge in [0.05, 0.1) is 11.4 Å². The molecule has 4 heterocycles. The Kier molecular flexibility index (Phi) is 2.77. The number of pyridine rings is 1. The summed E-state index contributed by atoms with van der Waals surface area (Å²) in [5, 5.41) is 10.3. The molecule has 1 aliphatic rings. The van der Waals surface area contributed by atoms with Gasteiger partial charge in [0.2, 0.25) is 0 Å². The topological polar surface area (TPSA) is 66.7 Å². The standard InChI is InChI=1S/C15H16N4O/c1-2-14-13(18-11(1)12-5-8-17-19-12)9-15(20-14)10-3-6-16-7-4-10/h1-2,5,8-10,16H,3-4,6-7H2,(H,17,19). The first-order chi connectivity index (χ1) is 9.90. The van der Waals surface area contributed by atoms with Crippen LogP contribution in [0.15, 0.2) is 34.9 Å². The molecule has 4 rings (SSSR count). The molecule has 0 amide bonds. The number of rotatable bonds is 2. The lowest BCUT2D eigenvalue weighted by Gasteiger charge is -2.20. The van der Waals surface area contributed by atoms with Crippen molar-refractivity contribution in [1.29, 1.82) is 0 Å². The largest absolute Gasteiger partial charge is 0.459 e. The van der Waals surface area contributed by atoms with Gasteiger partial charge in [-0.05, 0) is 44.1 Å². The van der Waals surface area contributed by atoms with Crippen LogP contribution >= 0.6 is 0 Å². The molecule has 1 fully saturated rings. The number of hydrogen-bond donors (Lipinski definition) is 2. The van der Waals surface area contributed by atoms with Gasteiger partial charge in [0.15, 0.2) is 5.58 Å². The van der Waals surface area contributed by atoms with E-state index < -0.39 is 0 Å². The van der Waals surface area contributed by atoms with Crippen LogP contribution in [0.25, 0.3) is 22.5 Å². The highest BCUT2D eigenvalue weighted by atomic mass is 16.3. The number of nitrogens with zero attached hydrogens (tertiary/aromatic N) is 2. The third-order valence-corrected chi connectivity index (χ3v) is 3.91. The molecule has 3 aromatic rings. The number of furan rings is 1. The van der Waals surface area contributed by atoms with Gasteiger partial charge in [-0.3, -0.25) is 5.10 Å². The zero-order valence-corrected chi connectivity index (χ0v) is 11.1. The van der Waals surface area contributed by atoms with Crippen molar-refractivity contribution in [2.24, 2.45) is 0 Å². The Bertz CT molecular complexity index is 711. The average molecular weight is 268 g/mol. The van der Waals surface area contributed by atoms with Crippen LogP contribution < -0.4 is 5.32 Å². The van der Waals surface area contributed by atoms with Crippen molar-refractivity contribution >= 4 is 11.1 Å². The molecule has 0 aromatic carbocycles. The molecule has 5 nitrogen and oxygen atoms in total. The lowest BCUT2D eigenvalue weighted by Crippen LogP contribution is -2.26. The van der Waals surface area contributed by atoms with Crippen molar-refractivity contribution in [3.63, 3.8) is 0 Å². The third-order valence-electron chi connectivity index (χ3n) is 3.91. The minimum Gasteiger partial charge on any atom is -0.459 e. The molecule has 1 aliphatic heterocycles. The van der Waals surface area contributed by atoms with E-state index in [1.807, 2.05) is 18.2 Å². The molecule has 0 atom stereocenters. The summed E-state index contributed by atoms with van der Waals surface area (Å²) in [6, 6.07) is 7.96. The van der Waals surface area contributed by atoms with Crippen LogP contribution in [0.5, 0.6) is 0 Å². The van der Waals surface area contributed by atoms with Gasteiger partial charge in [-0.15, -0.1) is 0 Å². The maximum Gasteiger partial charge on any atom is 0.152 e. The zero-order valence-electron chi connectivity index (χ0n) is 11.1. The van der Waals surface area contributed by atoms with Crippen molar-refractivity contribution in [3.05, 3.63) is 36.2 Å². The monoisotopic (exact) mass is 268 g/mol. The number of piperidine rings is 1. The van der Waals surface area contributed by atoms with Gasteiger partial charge >= 0.3 is 0 Å². The summed E-state index contributed by atoms with van der Waals surface area (Å²) in [6.45, 7) is 2.13. The van der Waals surface area contributed by atoms with E-state index in [9.17, 15) is 0 Å². The number of fused-ring (bicyclic) bond motifs is 1. The Morgan fingerprint density at radius 1 is 1.15 bits per heavy atom. The quantitative estimate of drug-likeness (QED) is 0.750. The number of aromatic nitrogens is 3. The molecule has 5 heteroatoms. The van der Waals surface area contributed by atoms with Crippen LogP contribution in [0.1, 0.15) is 24.5 Å². The van der Waals surface area contributed by atoms with Crippen LogP contribution in [0, 0.1) is 0 Å². The average Bonchev–Trinajstić information content (AvgIpc) is 3.16. The summed E-state index contributed by atoms with van der Waals surface area (Å²) in [5.41, 5.74) is 3.61. The van der Waals surface area contributed by atoms with Crippen molar-refractivity contribution < 1.29 is 4.42 Å². The van der Waals surface area contributed by atoms with Crippen LogP contribution in [-0.4, -0.2) is 28.3 Å². The van der Waals surface area contributed by atoms with Gasteiger partial charge in [-0.2, -0.15) is 5.10 Å². The highest BCUT2D eigenvalue weighted by molar-refractivity contribution is 5.76. The second kappa shape index (κ2) is 4.76. The second-order valence-electron chi connectivity index (χ2n) is 5.22. The lowest BCUT2D eigenvalue weighted by atomic mass is 9.96. The highest BCUT2D eigenvalue weighted by Gasteiger charge is 2.19. The van der Waals surface area contributed by atoms with Gasteiger partial charge in [0.1, 0.15) is 11.3 Å². The first-order valence-electron chi connectivity index (χ1n) is 7.01. The summed E-state index contributed by atoms with van der Waals surface area (Å²) < 4.78 is 5.96. The third kappa shape index (κ3) is 2.00. The van der Waals surface area contributed by atoms with E-state index in [1.54, 1.807) is 6.20 Å². The fraction of sp³-hybridized carbons (Fsp3) is 0.333. The normalized spacial score (nSPS) is 16.8. The predicted octanol–water partition coefficient (Wildman–Crippen LogP) is 2.68. The molecule has 1 saturated heterocycles. The van der Waals surface area contributed by atoms with E-state index in [-0.39, 0.29) is 0 Å². The SMILES string of the molecule is c1cc(-c2ccc3oc(C4CCNCC4)cc3n2)[nH]n1. The number of aromatic amines is 1. The highest BCUT2D eigenvalue weighted by Crippen LogP contribution is 2.30. The van der Waals surface area contributed by atoms with Crippen LogP contribution in [0.3, 0.4) is 0 Å². The molecule has 20 heavy (non-hydrogen) atoms. The van der Waals surface area contributed by atoms with Crippen LogP contribution in [-0.2, 0) is 0 Å². The summed E-state index contributed by atoms with van der Waals surface area (Å²) in [4.78, 5) is 4.65. The van der Waals surface area contributed by atoms with Crippen LogP contribution in [0.2, 0.25) is 0 Å². The minimum absolute atomic E-state index is 0.515. The summed E-state index contributed by atoms with van der Waals surface area (Å²) in [6.07, 6.45) is 4.00. The molecule has 0 unspecified atom stereocenters. The van der Waals surface area contributed by atoms with Gasteiger partial charge in [0, 0.05) is 18.2 Å². The maximum absolute atomic E-state index is 5.96. The predicted molar refractivity (Wildman–Crippen MR) is 76.4 cm³/mol. The minimum atomic E-state index is 0.515. The smallest absolute Gasteiger partial charge is 0.152 e. The molecular weight excluding hydrogens is 252 g/mol. The fourth-order valence-electron chi connectivity index (χ4n) is 2.80. The molecule has 0 spiro atoms. The van der Waals surface area contributed by atoms with Gasteiger partial charge in [-0.25, -0.2) is 4.98 Å². The maximum atomic E-state index is 5.96. The van der Waals surface area contributed by atoms with Crippen molar-refractivity contribution in [2.75, 3.05) is 13.1 Å². The van der Waals surface area contributed by atoms with Crippen molar-refractivity contribution in [2.45, 2.75) is 18.8 Å².